The van der Waals surface area contributed by atoms with Crippen LogP contribution in [-0.4, -0.2) is 32.3 Å². The quantitative estimate of drug-likeness (QED) is 0.198. The topological polar surface area (TPSA) is 0 Å². The van der Waals surface area contributed by atoms with Gasteiger partial charge in [0.1, 0.15) is 0 Å². The third-order valence-corrected chi connectivity index (χ3v) is 34.9. The molecule has 48 heavy (non-hydrogen) atoms. The molecule has 0 aromatic heterocycles. The summed E-state index contributed by atoms with van der Waals surface area (Å²) in [7, 11) is -3.46. The molecule has 0 aromatic carbocycles. The van der Waals surface area contributed by atoms with E-state index in [9.17, 15) is 0 Å². The molecule has 8 heteroatoms. The first-order chi connectivity index (χ1) is 21.5. The van der Waals surface area contributed by atoms with Gasteiger partial charge >= 0.3 is 43.4 Å². The van der Waals surface area contributed by atoms with Gasteiger partial charge in [0.15, 0.2) is 0 Å². The van der Waals surface area contributed by atoms with Crippen molar-refractivity contribution in [3.05, 3.63) is 93.7 Å². The zero-order valence-electron chi connectivity index (χ0n) is 30.5. The van der Waals surface area contributed by atoms with E-state index >= 15 is 0 Å². The molecular formula is C40H60Cl2Si4Ti2-2. The molecule has 0 saturated carbocycles. The summed E-state index contributed by atoms with van der Waals surface area (Å²) in [5.74, 6) is 0. The maximum Gasteiger partial charge on any atom is 2.00 e. The Balaban J connectivity index is 0.000000311. The van der Waals surface area contributed by atoms with E-state index in [1.54, 1.807) is 20.8 Å². The molecule has 260 valence electrons. The second-order valence-corrected chi connectivity index (χ2v) is 34.0. The molecule has 0 aromatic rings. The average molecular weight is 820 g/mol. The van der Waals surface area contributed by atoms with Crippen molar-refractivity contribution in [2.75, 3.05) is 0 Å². The van der Waals surface area contributed by atoms with E-state index < -0.39 is 32.3 Å². The molecule has 8 rings (SSSR count). The smallest absolute Gasteiger partial charge is 1.00 e. The minimum absolute atomic E-state index is 0. The van der Waals surface area contributed by atoms with Crippen LogP contribution in [0.15, 0.2) is 69.4 Å². The number of halogens is 2. The molecular weight excluding hydrogens is 759 g/mol. The van der Waals surface area contributed by atoms with E-state index in [1.165, 1.54) is 98.2 Å². The van der Waals surface area contributed by atoms with Crippen molar-refractivity contribution in [2.45, 2.75) is 152 Å². The second kappa shape index (κ2) is 22.1. The molecule has 4 fully saturated rings. The number of rotatable bonds is 8. The van der Waals surface area contributed by atoms with Crippen LogP contribution in [0.4, 0.5) is 0 Å². The maximum absolute atomic E-state index is 3.52. The van der Waals surface area contributed by atoms with Gasteiger partial charge in [-0.2, -0.15) is 24.3 Å². The van der Waals surface area contributed by atoms with Crippen molar-refractivity contribution < 1.29 is 68.2 Å². The zero-order valence-corrected chi connectivity index (χ0v) is 39.2. The van der Waals surface area contributed by atoms with Gasteiger partial charge in [0.2, 0.25) is 0 Å². The van der Waals surface area contributed by atoms with E-state index in [0.717, 1.165) is 25.7 Å². The number of hydrogen-bond acceptors (Lipinski definition) is 0. The van der Waals surface area contributed by atoms with E-state index in [-0.39, 0.29) is 68.2 Å². The van der Waals surface area contributed by atoms with Crippen LogP contribution in [0.25, 0.3) is 0 Å². The number of hydrogen-bond donors (Lipinski definition) is 0. The maximum atomic E-state index is 3.52. The normalized spacial score (nSPS) is 24.2. The van der Waals surface area contributed by atoms with Crippen molar-refractivity contribution in [1.82, 2.24) is 0 Å². The largest absolute Gasteiger partial charge is 2.00 e. The first-order valence-electron chi connectivity index (χ1n) is 18.6. The summed E-state index contributed by atoms with van der Waals surface area (Å²) < 4.78 is 0. The fraction of sp³-hybridized carbons (Fsp3) is 0.600. The average Bonchev–Trinajstić information content (AvgIpc) is 3.78. The van der Waals surface area contributed by atoms with Crippen molar-refractivity contribution in [3.63, 3.8) is 0 Å². The van der Waals surface area contributed by atoms with Gasteiger partial charge in [-0.25, -0.2) is 45.1 Å². The van der Waals surface area contributed by atoms with Gasteiger partial charge in [0, 0.05) is 32.3 Å². The van der Waals surface area contributed by atoms with Crippen LogP contribution in [0.2, 0.25) is 72.5 Å². The van der Waals surface area contributed by atoms with Crippen LogP contribution in [-0.2, 0) is 43.4 Å². The van der Waals surface area contributed by atoms with Crippen LogP contribution in [0.3, 0.4) is 0 Å². The molecule has 0 N–H and O–H groups in total. The Bertz CT molecular complexity index is 1030. The standard InChI is InChI=1S/4C10H15Si.2ClH.2Ti/c4*1-2-11(8-5-9-11)10-6-3-4-7-10;;;;/h4*3,6H,2,4-5,8-9H2,1H3;2*1H;;/q4*-1;;;2*+2/p-2. The Labute approximate surface area is 342 Å². The first-order valence-corrected chi connectivity index (χ1v) is 29.1. The van der Waals surface area contributed by atoms with E-state index in [4.69, 9.17) is 0 Å². The molecule has 0 spiro atoms. The molecule has 4 heterocycles. The van der Waals surface area contributed by atoms with Crippen LogP contribution < -0.4 is 24.8 Å². The van der Waals surface area contributed by atoms with Crippen LogP contribution in [0.1, 0.15) is 79.1 Å². The summed E-state index contributed by atoms with van der Waals surface area (Å²) in [4.78, 5) is 0. The molecule has 0 bridgehead atoms. The Morgan fingerprint density at radius 2 is 0.583 bits per heavy atom. The summed E-state index contributed by atoms with van der Waals surface area (Å²) in [6, 6.07) is 18.1. The summed E-state index contributed by atoms with van der Waals surface area (Å²) in [6.45, 7) is 9.47. The molecule has 8 aliphatic rings. The Hall–Kier alpha value is 0.796. The van der Waals surface area contributed by atoms with Gasteiger partial charge in [0.05, 0.1) is 0 Å². The van der Waals surface area contributed by atoms with E-state index in [0.29, 0.717) is 0 Å². The van der Waals surface area contributed by atoms with Crippen molar-refractivity contribution >= 4 is 32.3 Å². The van der Waals surface area contributed by atoms with Gasteiger partial charge in [-0.15, -0.1) is 25.7 Å². The summed E-state index contributed by atoms with van der Waals surface area (Å²) >= 11 is 0. The van der Waals surface area contributed by atoms with Gasteiger partial charge in [-0.3, -0.25) is 24.3 Å². The van der Waals surface area contributed by atoms with Gasteiger partial charge in [0.25, 0.3) is 0 Å². The van der Waals surface area contributed by atoms with E-state index in [1.807, 2.05) is 0 Å². The Morgan fingerprint density at radius 3 is 0.667 bits per heavy atom. The third kappa shape index (κ3) is 10.5. The first kappa shape index (κ1) is 46.8. The summed E-state index contributed by atoms with van der Waals surface area (Å²) in [5, 5.41) is 6.58. The second-order valence-electron chi connectivity index (χ2n) is 14.7. The summed E-state index contributed by atoms with van der Waals surface area (Å²) in [5.41, 5.74) is 0. The molecule has 0 unspecified atom stereocenters. The third-order valence-electron chi connectivity index (χ3n) is 13.0. The predicted octanol–water partition coefficient (Wildman–Crippen LogP) is 6.35. The Morgan fingerprint density at radius 1 is 0.396 bits per heavy atom. The molecule has 4 aliphatic carbocycles. The zero-order chi connectivity index (χ0) is 30.9. The van der Waals surface area contributed by atoms with Crippen molar-refractivity contribution in [1.29, 1.82) is 0 Å². The van der Waals surface area contributed by atoms with Crippen LogP contribution in [0.5, 0.6) is 0 Å². The Kier molecular flexibility index (Phi) is 21.6. The molecule has 0 atom stereocenters. The molecule has 0 amide bonds. The van der Waals surface area contributed by atoms with Gasteiger partial charge in [-0.05, 0) is 0 Å². The minimum atomic E-state index is -0.865. The molecule has 0 nitrogen and oxygen atoms in total. The van der Waals surface area contributed by atoms with Crippen molar-refractivity contribution in [2.24, 2.45) is 0 Å². The SMILES string of the molecule is CC[Si]1(C2=[C-]CC=C2)CCC1.CC[Si]1(C2=[C-]CC=C2)CCC1.CC[Si]1(C2=[C-]CC=C2)CCC1.CC[Si]1(C2=[C-]CC=C2)CCC1.[Cl-].[Cl-].[Ti+2].[Ti+2]. The minimum Gasteiger partial charge on any atom is -1.00 e. The molecule has 0 radical (unpaired) electrons. The number of allylic oxidation sites excluding steroid dienone is 16. The predicted molar refractivity (Wildman–Crippen MR) is 204 cm³/mol. The van der Waals surface area contributed by atoms with Crippen LogP contribution >= 0.6 is 0 Å². The van der Waals surface area contributed by atoms with Gasteiger partial charge in [-0.1, -0.05) is 126 Å². The molecule has 4 saturated heterocycles. The fourth-order valence-electron chi connectivity index (χ4n) is 8.74. The fourth-order valence-corrected chi connectivity index (χ4v) is 23.9. The molecule has 4 aliphatic heterocycles. The van der Waals surface area contributed by atoms with Gasteiger partial charge < -0.3 is 24.8 Å². The van der Waals surface area contributed by atoms with Crippen LogP contribution in [0, 0.1) is 24.3 Å². The summed E-state index contributed by atoms with van der Waals surface area (Å²) in [6.07, 6.45) is 42.8. The van der Waals surface area contributed by atoms with E-state index in [2.05, 4.69) is 101 Å². The monoisotopic (exact) mass is 818 g/mol. The van der Waals surface area contributed by atoms with Crippen molar-refractivity contribution in [3.8, 4) is 0 Å².